The van der Waals surface area contributed by atoms with Gasteiger partial charge in [0.25, 0.3) is 0 Å². The van der Waals surface area contributed by atoms with Gasteiger partial charge in [0.1, 0.15) is 0 Å². The first kappa shape index (κ1) is 30.0. The molecule has 0 spiro atoms. The summed E-state index contributed by atoms with van der Waals surface area (Å²) < 4.78 is 11.9. The fourth-order valence-corrected chi connectivity index (χ4v) is 2.30. The first-order chi connectivity index (χ1) is 15.3. The Bertz CT molecular complexity index is 862. The average molecular weight is 474 g/mol. The molecule has 34 heavy (non-hydrogen) atoms. The number of anilines is 2. The van der Waals surface area contributed by atoms with Gasteiger partial charge in [-0.3, -0.25) is 0 Å². The zero-order valence-corrected chi connectivity index (χ0v) is 21.5. The summed E-state index contributed by atoms with van der Waals surface area (Å²) in [5, 5.41) is 35.5. The molecule has 0 bridgehead atoms. The Kier molecular flexibility index (Phi) is 9.79. The summed E-state index contributed by atoms with van der Waals surface area (Å²) in [4.78, 5) is 0. The highest BCUT2D eigenvalue weighted by Crippen LogP contribution is 2.36. The molecule has 1 fully saturated rings. The molecule has 8 N–H and O–H groups in total. The van der Waals surface area contributed by atoms with Gasteiger partial charge in [-0.15, -0.1) is 0 Å². The molecule has 2 aromatic carbocycles. The second kappa shape index (κ2) is 11.1. The minimum absolute atomic E-state index is 0.293. The maximum Gasteiger partial charge on any atom is 0.494 e. The molecular formula is C24H40B2N2O6. The third-order valence-electron chi connectivity index (χ3n) is 6.19. The topological polar surface area (TPSA) is 151 Å². The zero-order chi connectivity index (χ0) is 26.5. The van der Waals surface area contributed by atoms with Crippen molar-refractivity contribution in [1.82, 2.24) is 0 Å². The summed E-state index contributed by atoms with van der Waals surface area (Å²) in [6.07, 6.45) is 0. The largest absolute Gasteiger partial charge is 0.494 e. The lowest BCUT2D eigenvalue weighted by Crippen LogP contribution is -2.44. The van der Waals surface area contributed by atoms with Crippen LogP contribution in [0, 0.1) is 0 Å². The van der Waals surface area contributed by atoms with Crippen molar-refractivity contribution < 1.29 is 29.6 Å². The molecule has 1 aliphatic heterocycles. The van der Waals surface area contributed by atoms with Gasteiger partial charge < -0.3 is 41.0 Å². The lowest BCUT2D eigenvalue weighted by Gasteiger charge is -2.32. The van der Waals surface area contributed by atoms with Gasteiger partial charge in [0.05, 0.1) is 22.4 Å². The standard InChI is InChI=1S/C12H18BNO2.C6H8BNO2.C6H14O2/c1-11(2)12(3,4)16-13(15-11)9-5-7-10(14)8-6-9;8-6-3-1-5(2-4-6)7(9)10;1-5(2,7)6(3,4)8/h5-8H,14H2,1-4H3;1-4,9-10H,8H2;7-8H,1-4H3. The molecule has 0 aromatic heterocycles. The fourth-order valence-electron chi connectivity index (χ4n) is 2.30. The summed E-state index contributed by atoms with van der Waals surface area (Å²) in [7, 11) is -1.70. The number of benzene rings is 2. The second-order valence-electron chi connectivity index (χ2n) is 10.4. The van der Waals surface area contributed by atoms with Gasteiger partial charge >= 0.3 is 14.2 Å². The van der Waals surface area contributed by atoms with E-state index in [1.807, 2.05) is 52.0 Å². The Balaban J connectivity index is 0.000000277. The van der Waals surface area contributed by atoms with Gasteiger partial charge in [0.2, 0.25) is 0 Å². The third kappa shape index (κ3) is 8.61. The second-order valence-corrected chi connectivity index (χ2v) is 10.4. The van der Waals surface area contributed by atoms with E-state index in [4.69, 9.17) is 41.0 Å². The van der Waals surface area contributed by atoms with Gasteiger partial charge in [-0.2, -0.15) is 0 Å². The first-order valence-electron chi connectivity index (χ1n) is 11.1. The average Bonchev–Trinajstić information content (AvgIpc) is 2.89. The number of nitrogens with two attached hydrogens (primary N) is 2. The first-order valence-corrected chi connectivity index (χ1v) is 11.1. The van der Waals surface area contributed by atoms with Crippen LogP contribution in [0.15, 0.2) is 48.5 Å². The van der Waals surface area contributed by atoms with Crippen LogP contribution in [-0.2, 0) is 9.31 Å². The molecule has 1 aliphatic rings. The van der Waals surface area contributed by atoms with E-state index in [1.165, 1.54) is 0 Å². The van der Waals surface area contributed by atoms with Crippen LogP contribution >= 0.6 is 0 Å². The van der Waals surface area contributed by atoms with E-state index in [2.05, 4.69) is 0 Å². The van der Waals surface area contributed by atoms with Crippen LogP contribution in [0.3, 0.4) is 0 Å². The van der Waals surface area contributed by atoms with Crippen molar-refractivity contribution in [2.24, 2.45) is 0 Å². The SMILES string of the molecule is CC(C)(O)C(C)(C)O.CC1(C)OB(c2ccc(N)cc2)OC1(C)C.Nc1ccc(B(O)O)cc1. The summed E-state index contributed by atoms with van der Waals surface area (Å²) >= 11 is 0. The van der Waals surface area contributed by atoms with Crippen molar-refractivity contribution in [3.63, 3.8) is 0 Å². The van der Waals surface area contributed by atoms with Crippen LogP contribution in [0.2, 0.25) is 0 Å². The lowest BCUT2D eigenvalue weighted by atomic mass is 9.79. The molecule has 1 saturated heterocycles. The van der Waals surface area contributed by atoms with Gasteiger partial charge in [-0.05, 0) is 90.6 Å². The summed E-state index contributed by atoms with van der Waals surface area (Å²) in [5.41, 5.74) is 11.2. The van der Waals surface area contributed by atoms with E-state index in [0.29, 0.717) is 11.2 Å². The molecule has 2 aromatic rings. The van der Waals surface area contributed by atoms with Crippen molar-refractivity contribution >= 4 is 36.5 Å². The van der Waals surface area contributed by atoms with Crippen LogP contribution < -0.4 is 22.4 Å². The van der Waals surface area contributed by atoms with E-state index in [1.54, 1.807) is 52.0 Å². The maximum absolute atomic E-state index is 9.10. The monoisotopic (exact) mass is 474 g/mol. The van der Waals surface area contributed by atoms with Gasteiger partial charge in [0.15, 0.2) is 0 Å². The molecule has 1 heterocycles. The van der Waals surface area contributed by atoms with Crippen molar-refractivity contribution in [3.05, 3.63) is 48.5 Å². The molecular weight excluding hydrogens is 434 g/mol. The minimum Gasteiger partial charge on any atom is -0.423 e. The highest BCUT2D eigenvalue weighted by Gasteiger charge is 2.51. The Labute approximate surface area is 204 Å². The number of hydrogen-bond acceptors (Lipinski definition) is 8. The molecule has 0 aliphatic carbocycles. The predicted molar refractivity (Wildman–Crippen MR) is 140 cm³/mol. The van der Waals surface area contributed by atoms with Crippen LogP contribution in [0.5, 0.6) is 0 Å². The van der Waals surface area contributed by atoms with E-state index < -0.39 is 18.3 Å². The number of aliphatic hydroxyl groups is 2. The third-order valence-corrected chi connectivity index (χ3v) is 6.19. The quantitative estimate of drug-likeness (QED) is 0.285. The molecule has 3 rings (SSSR count). The smallest absolute Gasteiger partial charge is 0.423 e. The van der Waals surface area contributed by atoms with Crippen LogP contribution in [0.1, 0.15) is 55.4 Å². The van der Waals surface area contributed by atoms with E-state index in [9.17, 15) is 0 Å². The molecule has 10 heteroatoms. The Hall–Kier alpha value is -2.07. The fraction of sp³-hybridized carbons (Fsp3) is 0.500. The van der Waals surface area contributed by atoms with Crippen LogP contribution in [-0.4, -0.2) is 56.9 Å². The van der Waals surface area contributed by atoms with Gasteiger partial charge in [0, 0.05) is 11.4 Å². The Morgan fingerprint density at radius 2 is 1.03 bits per heavy atom. The Morgan fingerprint density at radius 1 is 0.706 bits per heavy atom. The molecule has 0 radical (unpaired) electrons. The van der Waals surface area contributed by atoms with Gasteiger partial charge in [-0.25, -0.2) is 0 Å². The normalized spacial score (nSPS) is 16.6. The molecule has 0 unspecified atom stereocenters. The summed E-state index contributed by atoms with van der Waals surface area (Å²) in [6.45, 7) is 14.5. The van der Waals surface area contributed by atoms with E-state index >= 15 is 0 Å². The number of hydrogen-bond donors (Lipinski definition) is 6. The molecule has 8 nitrogen and oxygen atoms in total. The van der Waals surface area contributed by atoms with Crippen LogP contribution in [0.25, 0.3) is 0 Å². The minimum atomic E-state index is -1.40. The highest BCUT2D eigenvalue weighted by atomic mass is 16.7. The highest BCUT2D eigenvalue weighted by molar-refractivity contribution is 6.62. The van der Waals surface area contributed by atoms with E-state index in [-0.39, 0.29) is 18.3 Å². The van der Waals surface area contributed by atoms with Crippen molar-refractivity contribution in [2.45, 2.75) is 77.8 Å². The van der Waals surface area contributed by atoms with Gasteiger partial charge in [-0.1, -0.05) is 24.3 Å². The summed E-state index contributed by atoms with van der Waals surface area (Å²) in [6, 6.07) is 14.0. The zero-order valence-electron chi connectivity index (χ0n) is 21.5. The molecule has 188 valence electrons. The summed E-state index contributed by atoms with van der Waals surface area (Å²) in [5.74, 6) is 0. The van der Waals surface area contributed by atoms with Crippen LogP contribution in [0.4, 0.5) is 11.4 Å². The predicted octanol–water partition coefficient (Wildman–Crippen LogP) is 1.04. The van der Waals surface area contributed by atoms with Crippen molar-refractivity contribution in [1.29, 1.82) is 0 Å². The maximum atomic E-state index is 9.10. The van der Waals surface area contributed by atoms with Crippen molar-refractivity contribution in [3.8, 4) is 0 Å². The molecule has 0 saturated carbocycles. The lowest BCUT2D eigenvalue weighted by molar-refractivity contribution is -0.107. The Morgan fingerprint density at radius 3 is 1.32 bits per heavy atom. The number of nitrogen functional groups attached to an aromatic ring is 2. The van der Waals surface area contributed by atoms with E-state index in [0.717, 1.165) is 11.2 Å². The number of rotatable bonds is 3. The molecule has 0 atom stereocenters. The molecule has 0 amide bonds. The van der Waals surface area contributed by atoms with Crippen molar-refractivity contribution in [2.75, 3.05) is 11.5 Å².